The van der Waals surface area contributed by atoms with Crippen molar-refractivity contribution in [1.82, 2.24) is 9.97 Å². The predicted octanol–water partition coefficient (Wildman–Crippen LogP) is 4.16. The number of aromatic nitrogens is 2. The van der Waals surface area contributed by atoms with Gasteiger partial charge in [0.1, 0.15) is 16.8 Å². The smallest absolute Gasteiger partial charge is 0.137 e. The van der Waals surface area contributed by atoms with E-state index in [0.29, 0.717) is 17.1 Å². The number of hydrogen-bond acceptors (Lipinski definition) is 3. The zero-order valence-electron chi connectivity index (χ0n) is 11.9. The minimum Gasteiger partial charge on any atom is -0.366 e. The van der Waals surface area contributed by atoms with Gasteiger partial charge in [0, 0.05) is 17.5 Å². The predicted molar refractivity (Wildman–Crippen MR) is 78.7 cm³/mol. The average Bonchev–Trinajstić information content (AvgIpc) is 3.24. The molecule has 2 aliphatic rings. The summed E-state index contributed by atoms with van der Waals surface area (Å²) < 4.78 is 0. The van der Waals surface area contributed by atoms with Crippen LogP contribution in [0.4, 0.5) is 5.82 Å². The molecule has 0 radical (unpaired) electrons. The number of nitrogens with zero attached hydrogens (tertiary/aromatic N) is 2. The molecule has 0 bridgehead atoms. The Hall–Kier alpha value is -0.830. The highest BCUT2D eigenvalue weighted by atomic mass is 35.5. The number of hydrogen-bond donors (Lipinski definition) is 1. The molecule has 3 rings (SSSR count). The van der Waals surface area contributed by atoms with Gasteiger partial charge in [-0.15, -0.1) is 0 Å². The zero-order chi connectivity index (χ0) is 13.6. The molecule has 19 heavy (non-hydrogen) atoms. The molecule has 2 fully saturated rings. The third kappa shape index (κ3) is 2.86. The van der Waals surface area contributed by atoms with Crippen molar-refractivity contribution in [2.24, 2.45) is 11.8 Å². The molecular weight excluding hydrogens is 258 g/mol. The van der Waals surface area contributed by atoms with Crippen molar-refractivity contribution in [1.29, 1.82) is 0 Å². The molecule has 1 heterocycles. The van der Waals surface area contributed by atoms with Gasteiger partial charge < -0.3 is 5.32 Å². The van der Waals surface area contributed by atoms with Gasteiger partial charge in [0.05, 0.1) is 0 Å². The average molecular weight is 280 g/mol. The van der Waals surface area contributed by atoms with Gasteiger partial charge in [-0.1, -0.05) is 25.4 Å². The normalized spacial score (nSPS) is 19.3. The summed E-state index contributed by atoms with van der Waals surface area (Å²) in [6, 6.07) is 0.602. The number of rotatable bonds is 5. The summed E-state index contributed by atoms with van der Waals surface area (Å²) in [5.41, 5.74) is 0.984. The molecule has 4 heteroatoms. The molecule has 0 unspecified atom stereocenters. The van der Waals surface area contributed by atoms with Gasteiger partial charge in [-0.05, 0) is 44.4 Å². The Morgan fingerprint density at radius 3 is 2.16 bits per heavy atom. The third-order valence-corrected chi connectivity index (χ3v) is 4.55. The van der Waals surface area contributed by atoms with E-state index < -0.39 is 0 Å². The van der Waals surface area contributed by atoms with Crippen molar-refractivity contribution in [2.45, 2.75) is 58.4 Å². The molecule has 0 spiro atoms. The SMILES string of the molecule is Cc1c(Cl)nc(C(C)C)nc1NC(C1CC1)C1CC1. The molecule has 1 aromatic heterocycles. The molecule has 0 saturated heterocycles. The van der Waals surface area contributed by atoms with E-state index in [1.165, 1.54) is 25.7 Å². The molecule has 3 nitrogen and oxygen atoms in total. The lowest BCUT2D eigenvalue weighted by molar-refractivity contribution is 0.564. The Bertz CT molecular complexity index is 467. The molecule has 1 N–H and O–H groups in total. The van der Waals surface area contributed by atoms with E-state index in [1.807, 2.05) is 6.92 Å². The summed E-state index contributed by atoms with van der Waals surface area (Å²) in [5.74, 6) is 3.79. The first-order valence-corrected chi connectivity index (χ1v) is 7.74. The van der Waals surface area contributed by atoms with E-state index in [0.717, 1.165) is 29.0 Å². The fraction of sp³-hybridized carbons (Fsp3) is 0.733. The Balaban J connectivity index is 1.85. The van der Waals surface area contributed by atoms with Crippen molar-refractivity contribution in [3.63, 3.8) is 0 Å². The van der Waals surface area contributed by atoms with E-state index in [9.17, 15) is 0 Å². The van der Waals surface area contributed by atoms with E-state index >= 15 is 0 Å². The van der Waals surface area contributed by atoms with Crippen LogP contribution in [0.5, 0.6) is 0 Å². The van der Waals surface area contributed by atoms with Crippen molar-refractivity contribution in [2.75, 3.05) is 5.32 Å². The topological polar surface area (TPSA) is 37.8 Å². The van der Waals surface area contributed by atoms with Gasteiger partial charge in [-0.25, -0.2) is 9.97 Å². The van der Waals surface area contributed by atoms with Crippen LogP contribution in [0.2, 0.25) is 5.15 Å². The quantitative estimate of drug-likeness (QED) is 0.823. The number of anilines is 1. The molecule has 0 aromatic carbocycles. The second kappa shape index (κ2) is 4.93. The molecule has 0 aliphatic heterocycles. The maximum absolute atomic E-state index is 6.25. The summed E-state index contributed by atoms with van der Waals surface area (Å²) in [6.45, 7) is 6.21. The molecule has 0 amide bonds. The highest BCUT2D eigenvalue weighted by Gasteiger charge is 2.41. The highest BCUT2D eigenvalue weighted by Crippen LogP contribution is 2.46. The Morgan fingerprint density at radius 2 is 1.68 bits per heavy atom. The van der Waals surface area contributed by atoms with E-state index in [1.54, 1.807) is 0 Å². The molecule has 1 aromatic rings. The van der Waals surface area contributed by atoms with Crippen LogP contribution in [0.3, 0.4) is 0 Å². The molecular formula is C15H22ClN3. The molecule has 0 atom stereocenters. The lowest BCUT2D eigenvalue weighted by atomic mass is 10.1. The number of nitrogens with one attached hydrogen (secondary N) is 1. The van der Waals surface area contributed by atoms with Gasteiger partial charge in [0.25, 0.3) is 0 Å². The van der Waals surface area contributed by atoms with Crippen LogP contribution in [-0.2, 0) is 0 Å². The van der Waals surface area contributed by atoms with Crippen molar-refractivity contribution < 1.29 is 0 Å². The van der Waals surface area contributed by atoms with Crippen molar-refractivity contribution >= 4 is 17.4 Å². The van der Waals surface area contributed by atoms with Gasteiger partial charge in [-0.3, -0.25) is 0 Å². The summed E-state index contributed by atoms with van der Waals surface area (Å²) in [4.78, 5) is 9.06. The van der Waals surface area contributed by atoms with Gasteiger partial charge in [0.2, 0.25) is 0 Å². The number of halogens is 1. The van der Waals surface area contributed by atoms with Gasteiger partial charge in [-0.2, -0.15) is 0 Å². The fourth-order valence-electron chi connectivity index (χ4n) is 2.59. The monoisotopic (exact) mass is 279 g/mol. The highest BCUT2D eigenvalue weighted by molar-refractivity contribution is 6.30. The zero-order valence-corrected chi connectivity index (χ0v) is 12.7. The summed E-state index contributed by atoms with van der Waals surface area (Å²) >= 11 is 6.25. The first-order chi connectivity index (χ1) is 9.06. The molecule has 104 valence electrons. The van der Waals surface area contributed by atoms with Gasteiger partial charge >= 0.3 is 0 Å². The van der Waals surface area contributed by atoms with Crippen LogP contribution in [0.25, 0.3) is 0 Å². The second-order valence-corrected chi connectivity index (χ2v) is 6.70. The summed E-state index contributed by atoms with van der Waals surface area (Å²) in [7, 11) is 0. The first-order valence-electron chi connectivity index (χ1n) is 7.37. The maximum atomic E-state index is 6.25. The third-order valence-electron chi connectivity index (χ3n) is 4.18. The maximum Gasteiger partial charge on any atom is 0.137 e. The first kappa shape index (κ1) is 13.2. The van der Waals surface area contributed by atoms with E-state index in [4.69, 9.17) is 11.6 Å². The van der Waals surface area contributed by atoms with Crippen LogP contribution >= 0.6 is 11.6 Å². The fourth-order valence-corrected chi connectivity index (χ4v) is 2.77. The Morgan fingerprint density at radius 1 is 1.11 bits per heavy atom. The van der Waals surface area contributed by atoms with Crippen molar-refractivity contribution in [3.05, 3.63) is 16.5 Å². The summed E-state index contributed by atoms with van der Waals surface area (Å²) in [6.07, 6.45) is 5.46. The van der Waals surface area contributed by atoms with Gasteiger partial charge in [0.15, 0.2) is 0 Å². The minimum absolute atomic E-state index is 0.305. The van der Waals surface area contributed by atoms with Crippen molar-refractivity contribution in [3.8, 4) is 0 Å². The lowest BCUT2D eigenvalue weighted by Gasteiger charge is -2.21. The standard InChI is InChI=1S/C15H22ClN3/c1-8(2)14-18-13(16)9(3)15(19-14)17-12(10-4-5-10)11-6-7-11/h8,10-12H,4-7H2,1-3H3,(H,17,18,19). The van der Waals surface area contributed by atoms with Crippen LogP contribution in [0, 0.1) is 18.8 Å². The van der Waals surface area contributed by atoms with Crippen LogP contribution in [0.15, 0.2) is 0 Å². The van der Waals surface area contributed by atoms with E-state index in [-0.39, 0.29) is 0 Å². The molecule has 2 aliphatic carbocycles. The Labute approximate surface area is 120 Å². The summed E-state index contributed by atoms with van der Waals surface area (Å²) in [5, 5.41) is 4.26. The second-order valence-electron chi connectivity index (χ2n) is 6.35. The van der Waals surface area contributed by atoms with Crippen LogP contribution in [-0.4, -0.2) is 16.0 Å². The lowest BCUT2D eigenvalue weighted by Crippen LogP contribution is -2.26. The van der Waals surface area contributed by atoms with E-state index in [2.05, 4.69) is 29.1 Å². The van der Waals surface area contributed by atoms with Crippen LogP contribution in [0.1, 0.15) is 56.8 Å². The minimum atomic E-state index is 0.305. The largest absolute Gasteiger partial charge is 0.366 e. The molecule has 2 saturated carbocycles. The Kier molecular flexibility index (Phi) is 3.42. The van der Waals surface area contributed by atoms with Crippen LogP contribution < -0.4 is 5.32 Å².